The maximum atomic E-state index is 11.7. The predicted molar refractivity (Wildman–Crippen MR) is 102 cm³/mol. The number of ether oxygens (including phenoxy) is 1. The molecular formula is C19H19ClN4O3. The van der Waals surface area contributed by atoms with Crippen molar-refractivity contribution < 1.29 is 14.1 Å². The molecule has 2 aromatic heterocycles. The fourth-order valence-corrected chi connectivity index (χ4v) is 2.56. The zero-order chi connectivity index (χ0) is 19.1. The molecule has 8 heteroatoms. The highest BCUT2D eigenvalue weighted by molar-refractivity contribution is 6.18. The molecule has 0 aliphatic heterocycles. The van der Waals surface area contributed by atoms with Crippen molar-refractivity contribution in [3.05, 3.63) is 53.8 Å². The minimum Gasteiger partial charge on any atom is -0.472 e. The molecule has 3 rings (SSSR count). The van der Waals surface area contributed by atoms with Crippen molar-refractivity contribution in [2.45, 2.75) is 26.4 Å². The van der Waals surface area contributed by atoms with Crippen LogP contribution in [0.2, 0.25) is 0 Å². The van der Waals surface area contributed by atoms with E-state index in [9.17, 15) is 4.79 Å². The summed E-state index contributed by atoms with van der Waals surface area (Å²) in [5.41, 5.74) is 2.54. The van der Waals surface area contributed by atoms with Crippen molar-refractivity contribution in [1.29, 1.82) is 0 Å². The van der Waals surface area contributed by atoms with Gasteiger partial charge in [-0.15, -0.1) is 21.8 Å². The van der Waals surface area contributed by atoms with E-state index in [-0.39, 0.29) is 12.5 Å². The second kappa shape index (κ2) is 9.14. The minimum absolute atomic E-state index is 0.147. The van der Waals surface area contributed by atoms with E-state index in [4.69, 9.17) is 20.9 Å². The molecule has 27 heavy (non-hydrogen) atoms. The SMILES string of the molecule is Cc1onc(-c2ccccc2)c1COc1ccc(NC(=O)CCCCl)nn1. The summed E-state index contributed by atoms with van der Waals surface area (Å²) in [6.45, 7) is 2.08. The fraction of sp³-hybridized carbons (Fsp3) is 0.263. The smallest absolute Gasteiger partial charge is 0.233 e. The van der Waals surface area contributed by atoms with Gasteiger partial charge >= 0.3 is 0 Å². The molecule has 2 heterocycles. The molecule has 0 atom stereocenters. The summed E-state index contributed by atoms with van der Waals surface area (Å²) in [6.07, 6.45) is 0.961. The summed E-state index contributed by atoms with van der Waals surface area (Å²) in [7, 11) is 0. The number of nitrogens with zero attached hydrogens (tertiary/aromatic N) is 3. The first kappa shape index (κ1) is 18.8. The first-order chi connectivity index (χ1) is 13.2. The van der Waals surface area contributed by atoms with Crippen LogP contribution in [0.3, 0.4) is 0 Å². The van der Waals surface area contributed by atoms with E-state index in [1.165, 1.54) is 0 Å². The number of benzene rings is 1. The first-order valence-corrected chi connectivity index (χ1v) is 9.03. The Morgan fingerprint density at radius 1 is 1.19 bits per heavy atom. The Morgan fingerprint density at radius 2 is 2.00 bits per heavy atom. The van der Waals surface area contributed by atoms with Gasteiger partial charge in [-0.05, 0) is 19.4 Å². The molecule has 7 nitrogen and oxygen atoms in total. The Hall–Kier alpha value is -2.93. The highest BCUT2D eigenvalue weighted by atomic mass is 35.5. The van der Waals surface area contributed by atoms with Gasteiger partial charge in [-0.1, -0.05) is 35.5 Å². The molecule has 0 saturated heterocycles. The van der Waals surface area contributed by atoms with Gasteiger partial charge in [-0.3, -0.25) is 4.79 Å². The van der Waals surface area contributed by atoms with Gasteiger partial charge in [0.1, 0.15) is 18.1 Å². The maximum absolute atomic E-state index is 11.7. The van der Waals surface area contributed by atoms with Crippen LogP contribution in [0.15, 0.2) is 47.0 Å². The lowest BCUT2D eigenvalue weighted by molar-refractivity contribution is -0.116. The van der Waals surface area contributed by atoms with E-state index < -0.39 is 0 Å². The summed E-state index contributed by atoms with van der Waals surface area (Å²) >= 11 is 5.57. The van der Waals surface area contributed by atoms with Crippen LogP contribution in [0.4, 0.5) is 5.82 Å². The number of halogens is 1. The maximum Gasteiger partial charge on any atom is 0.233 e. The number of nitrogens with one attached hydrogen (secondary N) is 1. The Morgan fingerprint density at radius 3 is 2.70 bits per heavy atom. The van der Waals surface area contributed by atoms with Gasteiger partial charge in [0, 0.05) is 23.9 Å². The van der Waals surface area contributed by atoms with Crippen LogP contribution < -0.4 is 10.1 Å². The van der Waals surface area contributed by atoms with Gasteiger partial charge in [0.05, 0.1) is 5.56 Å². The quantitative estimate of drug-likeness (QED) is 0.589. The number of amides is 1. The number of rotatable bonds is 8. The fourth-order valence-electron chi connectivity index (χ4n) is 2.43. The molecule has 0 spiro atoms. The van der Waals surface area contributed by atoms with E-state index in [0.29, 0.717) is 36.2 Å². The number of alkyl halides is 1. The van der Waals surface area contributed by atoms with Crippen LogP contribution in [0, 0.1) is 6.92 Å². The van der Waals surface area contributed by atoms with Crippen molar-refractivity contribution in [1.82, 2.24) is 15.4 Å². The monoisotopic (exact) mass is 386 g/mol. The molecule has 0 radical (unpaired) electrons. The van der Waals surface area contributed by atoms with Crippen LogP contribution in [-0.2, 0) is 11.4 Å². The zero-order valence-corrected chi connectivity index (χ0v) is 15.6. The standard InChI is InChI=1S/C19H19ClN4O3/c1-13-15(19(24-27-13)14-6-3-2-4-7-14)12-26-18-10-9-16(22-23-18)21-17(25)8-5-11-20/h2-4,6-7,9-10H,5,8,11-12H2,1H3,(H,21,22,25). The van der Waals surface area contributed by atoms with E-state index in [0.717, 1.165) is 16.8 Å². The second-order valence-electron chi connectivity index (χ2n) is 5.82. The van der Waals surface area contributed by atoms with Crippen LogP contribution in [-0.4, -0.2) is 27.1 Å². The molecule has 3 aromatic rings. The van der Waals surface area contributed by atoms with Crippen LogP contribution >= 0.6 is 11.6 Å². The zero-order valence-electron chi connectivity index (χ0n) is 14.8. The van der Waals surface area contributed by atoms with Gasteiger partial charge in [0.2, 0.25) is 11.8 Å². The molecule has 0 fully saturated rings. The summed E-state index contributed by atoms with van der Waals surface area (Å²) < 4.78 is 11.0. The lowest BCUT2D eigenvalue weighted by Gasteiger charge is -2.07. The van der Waals surface area contributed by atoms with Gasteiger partial charge in [-0.25, -0.2) is 0 Å². The molecule has 140 valence electrons. The van der Waals surface area contributed by atoms with Crippen LogP contribution in [0.1, 0.15) is 24.2 Å². The highest BCUT2D eigenvalue weighted by Crippen LogP contribution is 2.26. The molecule has 0 unspecified atom stereocenters. The lowest BCUT2D eigenvalue weighted by Crippen LogP contribution is -2.13. The second-order valence-corrected chi connectivity index (χ2v) is 6.20. The van der Waals surface area contributed by atoms with Crippen molar-refractivity contribution in [2.75, 3.05) is 11.2 Å². The lowest BCUT2D eigenvalue weighted by atomic mass is 10.1. The molecular weight excluding hydrogens is 368 g/mol. The summed E-state index contributed by atoms with van der Waals surface area (Å²) in [5, 5.41) is 14.7. The minimum atomic E-state index is -0.147. The van der Waals surface area contributed by atoms with E-state index in [2.05, 4.69) is 20.7 Å². The Bertz CT molecular complexity index is 882. The molecule has 0 bridgehead atoms. The number of carbonyl (C=O) groups excluding carboxylic acids is 1. The number of aromatic nitrogens is 3. The summed E-state index contributed by atoms with van der Waals surface area (Å²) in [6, 6.07) is 13.0. The van der Waals surface area contributed by atoms with Crippen LogP contribution in [0.25, 0.3) is 11.3 Å². The summed E-state index contributed by atoms with van der Waals surface area (Å²) in [4.78, 5) is 11.7. The molecule has 0 saturated carbocycles. The molecule has 0 aliphatic carbocycles. The molecule has 1 N–H and O–H groups in total. The highest BCUT2D eigenvalue weighted by Gasteiger charge is 2.15. The average molecular weight is 387 g/mol. The Kier molecular flexibility index (Phi) is 6.38. The number of carbonyl (C=O) groups is 1. The van der Waals surface area contributed by atoms with Gasteiger partial charge in [0.25, 0.3) is 0 Å². The van der Waals surface area contributed by atoms with E-state index >= 15 is 0 Å². The first-order valence-electron chi connectivity index (χ1n) is 8.50. The molecule has 0 aliphatic rings. The summed E-state index contributed by atoms with van der Waals surface area (Å²) in [5.74, 6) is 1.69. The third-order valence-corrected chi connectivity index (χ3v) is 4.11. The number of aryl methyl sites for hydroxylation is 1. The number of hydrogen-bond acceptors (Lipinski definition) is 6. The van der Waals surface area contributed by atoms with E-state index in [1.807, 2.05) is 37.3 Å². The Labute approximate surface area is 161 Å². The Balaban J connectivity index is 1.63. The molecule has 1 amide bonds. The van der Waals surface area contributed by atoms with Gasteiger partial charge in [-0.2, -0.15) is 0 Å². The van der Waals surface area contributed by atoms with Gasteiger partial charge < -0.3 is 14.6 Å². The number of anilines is 1. The van der Waals surface area contributed by atoms with Gasteiger partial charge in [0.15, 0.2) is 5.82 Å². The topological polar surface area (TPSA) is 90.1 Å². The average Bonchev–Trinajstić information content (AvgIpc) is 3.07. The van der Waals surface area contributed by atoms with Crippen molar-refractivity contribution in [3.63, 3.8) is 0 Å². The third kappa shape index (κ3) is 5.04. The van der Waals surface area contributed by atoms with E-state index in [1.54, 1.807) is 12.1 Å². The number of hydrogen-bond donors (Lipinski definition) is 1. The predicted octanol–water partition coefficient (Wildman–Crippen LogP) is 3.98. The normalized spacial score (nSPS) is 10.6. The van der Waals surface area contributed by atoms with Crippen LogP contribution in [0.5, 0.6) is 5.88 Å². The largest absolute Gasteiger partial charge is 0.472 e. The third-order valence-electron chi connectivity index (χ3n) is 3.84. The van der Waals surface area contributed by atoms with Crippen molar-refractivity contribution in [2.24, 2.45) is 0 Å². The van der Waals surface area contributed by atoms with Crippen molar-refractivity contribution in [3.8, 4) is 17.1 Å². The molecule has 1 aromatic carbocycles. The van der Waals surface area contributed by atoms with Crippen molar-refractivity contribution >= 4 is 23.3 Å².